The summed E-state index contributed by atoms with van der Waals surface area (Å²) < 4.78 is 0. The number of thiocarbonyl (C=S) groups is 1. The number of hydrogen-bond donors (Lipinski definition) is 2. The Kier molecular flexibility index (Phi) is 4.90. The van der Waals surface area contributed by atoms with Crippen molar-refractivity contribution in [1.82, 2.24) is 10.6 Å². The molecule has 0 bridgehead atoms. The number of nitrogens with one attached hydrogen (secondary N) is 2. The second-order valence-corrected chi connectivity index (χ2v) is 4.82. The van der Waals surface area contributed by atoms with Crippen LogP contribution in [0, 0.1) is 0 Å². The molecule has 0 saturated carbocycles. The molecule has 0 spiro atoms. The Bertz CT molecular complexity index is 268. The monoisotopic (exact) mass is 228 g/mol. The fourth-order valence-electron chi connectivity index (χ4n) is 1.07. The van der Waals surface area contributed by atoms with Crippen molar-refractivity contribution in [2.75, 3.05) is 6.54 Å². The Morgan fingerprint density at radius 2 is 2.36 bits per heavy atom. The third-order valence-electron chi connectivity index (χ3n) is 1.66. The number of rotatable bonds is 4. The molecular weight excluding hydrogens is 212 g/mol. The van der Waals surface area contributed by atoms with E-state index in [0.717, 1.165) is 18.1 Å². The van der Waals surface area contributed by atoms with Gasteiger partial charge in [-0.1, -0.05) is 6.07 Å². The minimum Gasteiger partial charge on any atom is -0.362 e. The molecule has 1 heterocycles. The first-order chi connectivity index (χ1) is 6.68. The molecule has 0 unspecified atom stereocenters. The third-order valence-corrected chi connectivity index (χ3v) is 2.86. The van der Waals surface area contributed by atoms with Crippen molar-refractivity contribution < 1.29 is 0 Å². The summed E-state index contributed by atoms with van der Waals surface area (Å²) in [5.41, 5.74) is 0. The van der Waals surface area contributed by atoms with Gasteiger partial charge in [-0.25, -0.2) is 0 Å². The minimum atomic E-state index is 0.400. The SMILES string of the molecule is CC(C)NC(=S)NCCc1cccs1. The average Bonchev–Trinajstić information content (AvgIpc) is 2.55. The van der Waals surface area contributed by atoms with Crippen molar-refractivity contribution in [2.24, 2.45) is 0 Å². The van der Waals surface area contributed by atoms with Crippen LogP contribution < -0.4 is 10.6 Å². The van der Waals surface area contributed by atoms with Gasteiger partial charge in [-0.3, -0.25) is 0 Å². The Morgan fingerprint density at radius 1 is 1.57 bits per heavy atom. The van der Waals surface area contributed by atoms with Crippen molar-refractivity contribution in [3.63, 3.8) is 0 Å². The van der Waals surface area contributed by atoms with E-state index in [0.29, 0.717) is 6.04 Å². The largest absolute Gasteiger partial charge is 0.362 e. The highest BCUT2D eigenvalue weighted by Gasteiger charge is 1.98. The first-order valence-corrected chi connectivity index (χ1v) is 6.04. The van der Waals surface area contributed by atoms with Gasteiger partial charge in [-0.2, -0.15) is 0 Å². The van der Waals surface area contributed by atoms with Crippen molar-refractivity contribution >= 4 is 28.7 Å². The van der Waals surface area contributed by atoms with E-state index >= 15 is 0 Å². The summed E-state index contributed by atoms with van der Waals surface area (Å²) in [4.78, 5) is 1.39. The predicted molar refractivity (Wildman–Crippen MR) is 66.9 cm³/mol. The minimum absolute atomic E-state index is 0.400. The van der Waals surface area contributed by atoms with Crippen LogP contribution in [0.15, 0.2) is 17.5 Å². The number of thiophene rings is 1. The van der Waals surface area contributed by atoms with E-state index in [2.05, 4.69) is 42.0 Å². The lowest BCUT2D eigenvalue weighted by Gasteiger charge is -2.12. The molecule has 2 nitrogen and oxygen atoms in total. The lowest BCUT2D eigenvalue weighted by atomic mass is 10.3. The summed E-state index contributed by atoms with van der Waals surface area (Å²) in [6.07, 6.45) is 1.04. The molecule has 0 aromatic carbocycles. The first kappa shape index (κ1) is 11.5. The molecule has 0 fully saturated rings. The van der Waals surface area contributed by atoms with Crippen LogP contribution in [-0.4, -0.2) is 17.7 Å². The van der Waals surface area contributed by atoms with Gasteiger partial charge in [-0.05, 0) is 43.9 Å². The molecule has 0 radical (unpaired) electrons. The van der Waals surface area contributed by atoms with Gasteiger partial charge in [0.1, 0.15) is 0 Å². The maximum Gasteiger partial charge on any atom is 0.166 e. The predicted octanol–water partition coefficient (Wildman–Crippen LogP) is 2.16. The van der Waals surface area contributed by atoms with E-state index in [1.807, 2.05) is 0 Å². The molecule has 4 heteroatoms. The second kappa shape index (κ2) is 5.98. The molecular formula is C10H16N2S2. The van der Waals surface area contributed by atoms with Crippen LogP contribution >= 0.6 is 23.6 Å². The molecule has 0 aliphatic carbocycles. The van der Waals surface area contributed by atoms with Gasteiger partial charge in [0, 0.05) is 17.5 Å². The fraction of sp³-hybridized carbons (Fsp3) is 0.500. The molecule has 0 aliphatic heterocycles. The standard InChI is InChI=1S/C10H16N2S2/c1-8(2)12-10(13)11-6-5-9-4-3-7-14-9/h3-4,7-8H,5-6H2,1-2H3,(H2,11,12,13). The summed E-state index contributed by atoms with van der Waals surface area (Å²) in [6, 6.07) is 4.62. The van der Waals surface area contributed by atoms with Crippen LogP contribution in [0.1, 0.15) is 18.7 Å². The first-order valence-electron chi connectivity index (χ1n) is 4.75. The van der Waals surface area contributed by atoms with E-state index in [4.69, 9.17) is 12.2 Å². The highest BCUT2D eigenvalue weighted by Crippen LogP contribution is 2.07. The molecule has 1 aromatic rings. The molecule has 78 valence electrons. The molecule has 0 aliphatic rings. The summed E-state index contributed by atoms with van der Waals surface area (Å²) >= 11 is 6.89. The second-order valence-electron chi connectivity index (χ2n) is 3.38. The van der Waals surface area contributed by atoms with Crippen LogP contribution in [0.5, 0.6) is 0 Å². The average molecular weight is 228 g/mol. The van der Waals surface area contributed by atoms with Crippen LogP contribution in [0.2, 0.25) is 0 Å². The highest BCUT2D eigenvalue weighted by atomic mass is 32.1. The molecule has 2 N–H and O–H groups in total. The zero-order valence-corrected chi connectivity index (χ0v) is 10.2. The fourth-order valence-corrected chi connectivity index (χ4v) is 2.11. The Balaban J connectivity index is 2.12. The van der Waals surface area contributed by atoms with Crippen LogP contribution in [0.3, 0.4) is 0 Å². The van der Waals surface area contributed by atoms with Gasteiger partial charge >= 0.3 is 0 Å². The van der Waals surface area contributed by atoms with Gasteiger partial charge in [-0.15, -0.1) is 11.3 Å². The van der Waals surface area contributed by atoms with Crippen LogP contribution in [-0.2, 0) is 6.42 Å². The third kappa shape index (κ3) is 4.58. The van der Waals surface area contributed by atoms with Gasteiger partial charge in [0.15, 0.2) is 5.11 Å². The maximum atomic E-state index is 5.11. The van der Waals surface area contributed by atoms with E-state index in [9.17, 15) is 0 Å². The van der Waals surface area contributed by atoms with Crippen LogP contribution in [0.25, 0.3) is 0 Å². The summed E-state index contributed by atoms with van der Waals surface area (Å²) in [7, 11) is 0. The summed E-state index contributed by atoms with van der Waals surface area (Å²) in [5.74, 6) is 0. The van der Waals surface area contributed by atoms with Crippen molar-refractivity contribution in [3.05, 3.63) is 22.4 Å². The molecule has 14 heavy (non-hydrogen) atoms. The van der Waals surface area contributed by atoms with Gasteiger partial charge < -0.3 is 10.6 Å². The van der Waals surface area contributed by atoms with E-state index in [1.165, 1.54) is 4.88 Å². The molecule has 0 amide bonds. The van der Waals surface area contributed by atoms with E-state index in [-0.39, 0.29) is 0 Å². The van der Waals surface area contributed by atoms with Crippen molar-refractivity contribution in [2.45, 2.75) is 26.3 Å². The lowest BCUT2D eigenvalue weighted by Crippen LogP contribution is -2.39. The summed E-state index contributed by atoms with van der Waals surface area (Å²) in [5, 5.41) is 9.17. The van der Waals surface area contributed by atoms with Gasteiger partial charge in [0.25, 0.3) is 0 Å². The molecule has 1 aromatic heterocycles. The molecule has 0 saturated heterocycles. The normalized spacial score (nSPS) is 10.2. The molecule has 0 atom stereocenters. The topological polar surface area (TPSA) is 24.1 Å². The smallest absolute Gasteiger partial charge is 0.166 e. The van der Waals surface area contributed by atoms with Crippen LogP contribution in [0.4, 0.5) is 0 Å². The zero-order valence-electron chi connectivity index (χ0n) is 8.54. The lowest BCUT2D eigenvalue weighted by molar-refractivity contribution is 0.711. The quantitative estimate of drug-likeness (QED) is 0.772. The Hall–Kier alpha value is -0.610. The Labute approximate surface area is 94.7 Å². The zero-order chi connectivity index (χ0) is 10.4. The Morgan fingerprint density at radius 3 is 2.93 bits per heavy atom. The van der Waals surface area contributed by atoms with Crippen molar-refractivity contribution in [1.29, 1.82) is 0 Å². The number of hydrogen-bond acceptors (Lipinski definition) is 2. The summed E-state index contributed by atoms with van der Waals surface area (Å²) in [6.45, 7) is 5.06. The van der Waals surface area contributed by atoms with E-state index < -0.39 is 0 Å². The highest BCUT2D eigenvalue weighted by molar-refractivity contribution is 7.80. The van der Waals surface area contributed by atoms with Gasteiger partial charge in [0.05, 0.1) is 0 Å². The molecule has 1 rings (SSSR count). The van der Waals surface area contributed by atoms with Crippen molar-refractivity contribution in [3.8, 4) is 0 Å². The van der Waals surface area contributed by atoms with Gasteiger partial charge in [0.2, 0.25) is 0 Å². The maximum absolute atomic E-state index is 5.11. The van der Waals surface area contributed by atoms with E-state index in [1.54, 1.807) is 11.3 Å².